The summed E-state index contributed by atoms with van der Waals surface area (Å²) in [5, 5.41) is 2.42. The number of benzene rings is 4. The predicted molar refractivity (Wildman–Crippen MR) is 140 cm³/mol. The summed E-state index contributed by atoms with van der Waals surface area (Å²) in [4.78, 5) is 6.84. The van der Waals surface area contributed by atoms with Crippen LogP contribution in [0.25, 0.3) is 33.4 Å². The second kappa shape index (κ2) is 8.72. The van der Waals surface area contributed by atoms with Crippen LogP contribution < -0.4 is 4.90 Å². The van der Waals surface area contributed by atoms with E-state index in [0.717, 1.165) is 39.6 Å². The molecule has 0 saturated heterocycles. The van der Waals surface area contributed by atoms with Crippen LogP contribution in [0.1, 0.15) is 0 Å². The SMILES string of the molecule is c1ccc(-c2cccc(N(c3cccc(-c4ccco4)c3)c3ccc4ccccc4c3)c2)nc1. The molecular formula is C31H22N2O. The fourth-order valence-corrected chi connectivity index (χ4v) is 4.34. The lowest BCUT2D eigenvalue weighted by Gasteiger charge is -2.26. The number of hydrogen-bond donors (Lipinski definition) is 0. The Kier molecular flexibility index (Phi) is 5.13. The fraction of sp³-hybridized carbons (Fsp3) is 0. The highest BCUT2D eigenvalue weighted by molar-refractivity contribution is 5.90. The quantitative estimate of drug-likeness (QED) is 0.270. The van der Waals surface area contributed by atoms with Crippen LogP contribution in [0, 0.1) is 0 Å². The molecule has 2 aromatic heterocycles. The lowest BCUT2D eigenvalue weighted by Crippen LogP contribution is -2.10. The standard InChI is InChI=1S/C31H22N2O/c1-2-9-24-20-29(17-16-23(24)8-1)33(28-13-6-11-26(22-28)31-15-7-19-34-31)27-12-5-10-25(21-27)30-14-3-4-18-32-30/h1-22H. The number of nitrogens with zero attached hydrogens (tertiary/aromatic N) is 2. The number of fused-ring (bicyclic) bond motifs is 1. The maximum atomic E-state index is 5.67. The van der Waals surface area contributed by atoms with Crippen molar-refractivity contribution in [3.05, 3.63) is 134 Å². The van der Waals surface area contributed by atoms with Gasteiger partial charge >= 0.3 is 0 Å². The zero-order valence-corrected chi connectivity index (χ0v) is 18.5. The molecule has 0 atom stereocenters. The van der Waals surface area contributed by atoms with Gasteiger partial charge in [0.15, 0.2) is 0 Å². The van der Waals surface area contributed by atoms with E-state index < -0.39 is 0 Å². The van der Waals surface area contributed by atoms with Gasteiger partial charge in [-0.2, -0.15) is 0 Å². The molecule has 3 nitrogen and oxygen atoms in total. The van der Waals surface area contributed by atoms with Crippen LogP contribution in [0.4, 0.5) is 17.1 Å². The first-order valence-corrected chi connectivity index (χ1v) is 11.3. The lowest BCUT2D eigenvalue weighted by molar-refractivity contribution is 0.582. The minimum atomic E-state index is 0.850. The van der Waals surface area contributed by atoms with Crippen molar-refractivity contribution < 1.29 is 4.42 Å². The van der Waals surface area contributed by atoms with Crippen molar-refractivity contribution in [3.63, 3.8) is 0 Å². The van der Waals surface area contributed by atoms with Gasteiger partial charge in [0.25, 0.3) is 0 Å². The molecule has 0 aliphatic carbocycles. The summed E-state index contributed by atoms with van der Waals surface area (Å²) < 4.78 is 5.67. The molecule has 0 bridgehead atoms. The topological polar surface area (TPSA) is 29.3 Å². The first-order valence-electron chi connectivity index (χ1n) is 11.3. The second-order valence-corrected chi connectivity index (χ2v) is 8.16. The highest BCUT2D eigenvalue weighted by Crippen LogP contribution is 2.39. The van der Waals surface area contributed by atoms with E-state index in [1.165, 1.54) is 10.8 Å². The Morgan fingerprint density at radius 2 is 1.26 bits per heavy atom. The Morgan fingerprint density at radius 1 is 0.529 bits per heavy atom. The van der Waals surface area contributed by atoms with Crippen LogP contribution in [-0.4, -0.2) is 4.98 Å². The van der Waals surface area contributed by atoms with Crippen LogP contribution in [0.3, 0.4) is 0 Å². The molecule has 0 fully saturated rings. The van der Waals surface area contributed by atoms with Crippen molar-refractivity contribution >= 4 is 27.8 Å². The van der Waals surface area contributed by atoms with Crippen molar-refractivity contribution in [2.75, 3.05) is 4.90 Å². The third-order valence-electron chi connectivity index (χ3n) is 5.97. The summed E-state index contributed by atoms with van der Waals surface area (Å²) in [7, 11) is 0. The second-order valence-electron chi connectivity index (χ2n) is 8.16. The average Bonchev–Trinajstić information content (AvgIpc) is 3.45. The minimum Gasteiger partial charge on any atom is -0.464 e. The summed E-state index contributed by atoms with van der Waals surface area (Å²) >= 11 is 0. The molecule has 0 aliphatic rings. The van der Waals surface area contributed by atoms with Gasteiger partial charge in [-0.25, -0.2) is 0 Å². The Morgan fingerprint density at radius 3 is 2.03 bits per heavy atom. The molecule has 0 saturated carbocycles. The van der Waals surface area contributed by atoms with Gasteiger partial charge in [-0.1, -0.05) is 60.7 Å². The van der Waals surface area contributed by atoms with Gasteiger partial charge in [-0.05, 0) is 71.4 Å². The van der Waals surface area contributed by atoms with Crippen LogP contribution in [0.5, 0.6) is 0 Å². The van der Waals surface area contributed by atoms with Crippen LogP contribution in [-0.2, 0) is 0 Å². The van der Waals surface area contributed by atoms with E-state index in [-0.39, 0.29) is 0 Å². The molecule has 0 N–H and O–H groups in total. The van der Waals surface area contributed by atoms with Crippen molar-refractivity contribution in [1.82, 2.24) is 4.98 Å². The normalized spacial score (nSPS) is 10.9. The number of hydrogen-bond acceptors (Lipinski definition) is 3. The summed E-state index contributed by atoms with van der Waals surface area (Å²) in [5.74, 6) is 0.850. The summed E-state index contributed by atoms with van der Waals surface area (Å²) in [6.07, 6.45) is 3.54. The fourth-order valence-electron chi connectivity index (χ4n) is 4.34. The minimum absolute atomic E-state index is 0.850. The molecule has 6 rings (SSSR count). The Hall–Kier alpha value is -4.63. The van der Waals surface area contributed by atoms with Crippen molar-refractivity contribution in [1.29, 1.82) is 0 Å². The predicted octanol–water partition coefficient (Wildman–Crippen LogP) is 8.63. The van der Waals surface area contributed by atoms with Gasteiger partial charge in [-0.3, -0.25) is 4.98 Å². The van der Waals surface area contributed by atoms with E-state index in [4.69, 9.17) is 4.42 Å². The van der Waals surface area contributed by atoms with Gasteiger partial charge in [0, 0.05) is 34.4 Å². The zero-order valence-electron chi connectivity index (χ0n) is 18.5. The zero-order chi connectivity index (χ0) is 22.7. The first kappa shape index (κ1) is 20.0. The summed E-state index contributed by atoms with van der Waals surface area (Å²) in [6, 6.07) is 41.9. The van der Waals surface area contributed by atoms with E-state index in [0.29, 0.717) is 0 Å². The number of furan rings is 1. The Labute approximate surface area is 198 Å². The van der Waals surface area contributed by atoms with Crippen molar-refractivity contribution in [3.8, 4) is 22.6 Å². The molecule has 0 unspecified atom stereocenters. The molecule has 0 aliphatic heterocycles. The van der Waals surface area contributed by atoms with Gasteiger partial charge in [-0.15, -0.1) is 0 Å². The average molecular weight is 439 g/mol. The largest absolute Gasteiger partial charge is 0.464 e. The molecule has 0 radical (unpaired) electrons. The highest BCUT2D eigenvalue weighted by Gasteiger charge is 2.15. The van der Waals surface area contributed by atoms with Crippen LogP contribution in [0.2, 0.25) is 0 Å². The first-order chi connectivity index (χ1) is 16.8. The van der Waals surface area contributed by atoms with E-state index in [1.54, 1.807) is 6.26 Å². The van der Waals surface area contributed by atoms with Gasteiger partial charge in [0.2, 0.25) is 0 Å². The van der Waals surface area contributed by atoms with E-state index in [1.807, 2.05) is 36.5 Å². The molecule has 0 amide bonds. The number of rotatable bonds is 5. The van der Waals surface area contributed by atoms with E-state index >= 15 is 0 Å². The monoisotopic (exact) mass is 438 g/mol. The molecule has 4 aromatic carbocycles. The molecule has 6 aromatic rings. The maximum absolute atomic E-state index is 5.67. The van der Waals surface area contributed by atoms with Gasteiger partial charge in [0.05, 0.1) is 12.0 Å². The van der Waals surface area contributed by atoms with Crippen LogP contribution >= 0.6 is 0 Å². The number of anilines is 3. The molecule has 2 heterocycles. The lowest BCUT2D eigenvalue weighted by atomic mass is 10.1. The number of pyridine rings is 1. The van der Waals surface area contributed by atoms with Gasteiger partial charge in [0.1, 0.15) is 5.76 Å². The molecule has 34 heavy (non-hydrogen) atoms. The van der Waals surface area contributed by atoms with E-state index in [2.05, 4.69) is 101 Å². The molecular weight excluding hydrogens is 416 g/mol. The third kappa shape index (κ3) is 3.84. The summed E-state index contributed by atoms with van der Waals surface area (Å²) in [5.41, 5.74) is 6.28. The summed E-state index contributed by atoms with van der Waals surface area (Å²) in [6.45, 7) is 0. The van der Waals surface area contributed by atoms with E-state index in [9.17, 15) is 0 Å². The smallest absolute Gasteiger partial charge is 0.133 e. The molecule has 3 heteroatoms. The van der Waals surface area contributed by atoms with Crippen LogP contribution in [0.15, 0.2) is 138 Å². The molecule has 162 valence electrons. The van der Waals surface area contributed by atoms with Crippen molar-refractivity contribution in [2.24, 2.45) is 0 Å². The molecule has 0 spiro atoms. The Bertz CT molecular complexity index is 1560. The Balaban J connectivity index is 1.53. The maximum Gasteiger partial charge on any atom is 0.133 e. The highest BCUT2D eigenvalue weighted by atomic mass is 16.3. The number of aromatic nitrogens is 1. The van der Waals surface area contributed by atoms with Gasteiger partial charge < -0.3 is 9.32 Å². The van der Waals surface area contributed by atoms with Crippen molar-refractivity contribution in [2.45, 2.75) is 0 Å². The third-order valence-corrected chi connectivity index (χ3v) is 5.97.